The molecule has 1 unspecified atom stereocenters. The van der Waals surface area contributed by atoms with E-state index in [2.05, 4.69) is 13.8 Å². The summed E-state index contributed by atoms with van der Waals surface area (Å²) in [5.41, 5.74) is 0. The first-order valence-electron chi connectivity index (χ1n) is 8.85. The van der Waals surface area contributed by atoms with Gasteiger partial charge in [0.2, 0.25) is 0 Å². The summed E-state index contributed by atoms with van der Waals surface area (Å²) in [6, 6.07) is 18.9. The van der Waals surface area contributed by atoms with Crippen LogP contribution in [0.25, 0.3) is 0 Å². The van der Waals surface area contributed by atoms with Crippen LogP contribution >= 0.6 is 7.94 Å². The van der Waals surface area contributed by atoms with Gasteiger partial charge >= 0.3 is 146 Å². The molecule has 0 saturated heterocycles. The second-order valence-corrected chi connectivity index (χ2v) is 8.41. The van der Waals surface area contributed by atoms with Crippen LogP contribution in [0.1, 0.15) is 39.5 Å². The van der Waals surface area contributed by atoms with Crippen LogP contribution in [-0.2, 0) is 0 Å². The van der Waals surface area contributed by atoms with Gasteiger partial charge in [0.15, 0.2) is 0 Å². The van der Waals surface area contributed by atoms with Crippen LogP contribution in [0.3, 0.4) is 0 Å². The molecule has 24 heavy (non-hydrogen) atoms. The van der Waals surface area contributed by atoms with Gasteiger partial charge in [-0.2, -0.15) is 0 Å². The van der Waals surface area contributed by atoms with E-state index in [1.807, 2.05) is 60.7 Å². The molecule has 0 fully saturated rings. The summed E-state index contributed by atoms with van der Waals surface area (Å²) in [7, 11) is -3.37. The normalized spacial score (nSPS) is 13.3. The Morgan fingerprint density at radius 3 is 1.79 bits per heavy atom. The topological polar surface area (TPSA) is 38.7 Å². The van der Waals surface area contributed by atoms with Gasteiger partial charge in [0.05, 0.1) is 0 Å². The second-order valence-electron chi connectivity index (χ2n) is 6.16. The van der Waals surface area contributed by atoms with Crippen molar-refractivity contribution in [1.29, 1.82) is 0 Å². The second kappa shape index (κ2) is 9.66. The minimum atomic E-state index is -3.37. The molecule has 1 N–H and O–H groups in total. The van der Waals surface area contributed by atoms with E-state index in [-0.39, 0.29) is 0 Å². The van der Waals surface area contributed by atoms with E-state index in [0.29, 0.717) is 23.6 Å². The molecular weight excluding hydrogens is 319 g/mol. The molecule has 2 aromatic carbocycles. The van der Waals surface area contributed by atoms with Crippen molar-refractivity contribution in [3.8, 4) is 11.5 Å². The molecule has 2 rings (SSSR count). The third-order valence-corrected chi connectivity index (χ3v) is 6.33. The summed E-state index contributed by atoms with van der Waals surface area (Å²) >= 11 is 0. The zero-order valence-corrected chi connectivity index (χ0v) is 15.7. The van der Waals surface area contributed by atoms with Gasteiger partial charge < -0.3 is 0 Å². The van der Waals surface area contributed by atoms with E-state index in [0.717, 1.165) is 19.3 Å². The minimum absolute atomic E-state index is 0.411. The van der Waals surface area contributed by atoms with Gasteiger partial charge in [0.1, 0.15) is 0 Å². The molecule has 0 radical (unpaired) electrons. The van der Waals surface area contributed by atoms with E-state index in [4.69, 9.17) is 9.05 Å². The first-order valence-corrected chi connectivity index (χ1v) is 10.8. The van der Waals surface area contributed by atoms with Crippen molar-refractivity contribution in [3.63, 3.8) is 0 Å². The van der Waals surface area contributed by atoms with Crippen LogP contribution in [-0.4, -0.2) is 11.1 Å². The summed E-state index contributed by atoms with van der Waals surface area (Å²) in [6.45, 7) is 4.36. The number of hydrogen-bond donors (Lipinski definition) is 1. The predicted molar refractivity (Wildman–Crippen MR) is 103 cm³/mol. The van der Waals surface area contributed by atoms with Gasteiger partial charge in [-0.25, -0.2) is 0 Å². The Morgan fingerprint density at radius 1 is 0.875 bits per heavy atom. The molecule has 0 aliphatic carbocycles. The third-order valence-electron chi connectivity index (χ3n) is 4.13. The Morgan fingerprint density at radius 2 is 1.38 bits per heavy atom. The van der Waals surface area contributed by atoms with Gasteiger partial charge in [-0.05, 0) is 0 Å². The molecule has 132 valence electrons. The molecular formula is C20H29O3P. The molecule has 0 aliphatic heterocycles. The summed E-state index contributed by atoms with van der Waals surface area (Å²) in [4.78, 5) is 11.2. The maximum absolute atomic E-state index is 11.2. The molecule has 0 heterocycles. The van der Waals surface area contributed by atoms with Crippen LogP contribution < -0.4 is 9.05 Å². The number of para-hydroxylation sites is 2. The average Bonchev–Trinajstić information content (AvgIpc) is 2.60. The standard InChI is InChI=1S/C20H29O3P/c1-3-5-12-18(4-2)17-24(21,22-19-13-8-6-9-14-19)23-20-15-10-7-11-16-20/h6-11,13-16,18,21,24H,3-5,12,17H2,1-2H3. The van der Waals surface area contributed by atoms with E-state index in [9.17, 15) is 4.89 Å². The number of rotatable bonds is 10. The summed E-state index contributed by atoms with van der Waals surface area (Å²) < 4.78 is 12.0. The Hall–Kier alpha value is -1.57. The van der Waals surface area contributed by atoms with Crippen molar-refractivity contribution in [2.45, 2.75) is 39.5 Å². The molecule has 1 atom stereocenters. The first-order chi connectivity index (χ1) is 11.6. The molecule has 4 heteroatoms. The van der Waals surface area contributed by atoms with E-state index in [1.54, 1.807) is 0 Å². The predicted octanol–water partition coefficient (Wildman–Crippen LogP) is 5.85. The molecule has 0 aromatic heterocycles. The van der Waals surface area contributed by atoms with Crippen molar-refractivity contribution < 1.29 is 13.9 Å². The quantitative estimate of drug-likeness (QED) is 0.548. The Balaban J connectivity index is 2.15. The molecule has 0 spiro atoms. The van der Waals surface area contributed by atoms with Gasteiger partial charge in [-0.1, -0.05) is 0 Å². The zero-order chi connectivity index (χ0) is 17.3. The van der Waals surface area contributed by atoms with Crippen molar-refractivity contribution in [3.05, 3.63) is 60.7 Å². The van der Waals surface area contributed by atoms with Crippen molar-refractivity contribution in [2.24, 2.45) is 5.92 Å². The van der Waals surface area contributed by atoms with Gasteiger partial charge in [0, 0.05) is 0 Å². The first kappa shape index (κ1) is 18.8. The zero-order valence-electron chi connectivity index (χ0n) is 14.7. The monoisotopic (exact) mass is 348 g/mol. The fourth-order valence-corrected chi connectivity index (χ4v) is 5.20. The summed E-state index contributed by atoms with van der Waals surface area (Å²) in [6.07, 6.45) is 5.02. The Bertz CT molecular complexity index is 532. The molecule has 2 aromatic rings. The molecule has 0 saturated carbocycles. The van der Waals surface area contributed by atoms with Crippen LogP contribution in [0.5, 0.6) is 11.5 Å². The van der Waals surface area contributed by atoms with Crippen LogP contribution in [0.2, 0.25) is 0 Å². The molecule has 0 bridgehead atoms. The Labute approximate surface area is 146 Å². The van der Waals surface area contributed by atoms with E-state index in [1.165, 1.54) is 6.42 Å². The van der Waals surface area contributed by atoms with E-state index < -0.39 is 7.94 Å². The number of hydrogen-bond acceptors (Lipinski definition) is 3. The SMILES string of the molecule is CCCCC(CC)C[PH](O)(Oc1ccccc1)Oc1ccccc1. The summed E-state index contributed by atoms with van der Waals surface area (Å²) in [5.74, 6) is 1.73. The molecule has 0 aliphatic rings. The maximum atomic E-state index is 11.2. The third kappa shape index (κ3) is 6.14. The van der Waals surface area contributed by atoms with Crippen LogP contribution in [0.15, 0.2) is 60.7 Å². The summed E-state index contributed by atoms with van der Waals surface area (Å²) in [5, 5.41) is 0. The average molecular weight is 348 g/mol. The van der Waals surface area contributed by atoms with Crippen molar-refractivity contribution in [1.82, 2.24) is 0 Å². The van der Waals surface area contributed by atoms with Crippen molar-refractivity contribution in [2.75, 3.05) is 6.16 Å². The fourth-order valence-electron chi connectivity index (χ4n) is 2.76. The van der Waals surface area contributed by atoms with Gasteiger partial charge in [-0.3, -0.25) is 0 Å². The Kier molecular flexibility index (Phi) is 7.55. The number of benzene rings is 2. The van der Waals surface area contributed by atoms with Crippen molar-refractivity contribution >= 4 is 7.94 Å². The molecule has 0 amide bonds. The van der Waals surface area contributed by atoms with Crippen LogP contribution in [0, 0.1) is 5.92 Å². The van der Waals surface area contributed by atoms with Crippen LogP contribution in [0.4, 0.5) is 0 Å². The fraction of sp³-hybridized carbons (Fsp3) is 0.400. The molecule has 3 nitrogen and oxygen atoms in total. The van der Waals surface area contributed by atoms with Gasteiger partial charge in [-0.15, -0.1) is 0 Å². The number of unbranched alkanes of at least 4 members (excludes halogenated alkanes) is 1. The van der Waals surface area contributed by atoms with E-state index >= 15 is 0 Å². The van der Waals surface area contributed by atoms with Gasteiger partial charge in [0.25, 0.3) is 0 Å².